The molecule has 3 aromatic rings. The van der Waals surface area contributed by atoms with Crippen molar-refractivity contribution in [3.63, 3.8) is 0 Å². The molecule has 0 bridgehead atoms. The van der Waals surface area contributed by atoms with Gasteiger partial charge in [-0.05, 0) is 42.7 Å². The molecule has 0 N–H and O–H groups in total. The van der Waals surface area contributed by atoms with Crippen molar-refractivity contribution in [3.8, 4) is 11.3 Å². The molecule has 1 saturated heterocycles. The van der Waals surface area contributed by atoms with E-state index in [-0.39, 0.29) is 12.0 Å². The van der Waals surface area contributed by atoms with E-state index in [1.807, 2.05) is 53.9 Å². The van der Waals surface area contributed by atoms with E-state index in [0.29, 0.717) is 23.8 Å². The minimum atomic E-state index is -0.0693. The lowest BCUT2D eigenvalue weighted by atomic mass is 10.1. The van der Waals surface area contributed by atoms with Crippen molar-refractivity contribution < 1.29 is 14.3 Å². The highest BCUT2D eigenvalue weighted by molar-refractivity contribution is 9.10. The molecule has 2 aromatic carbocycles. The first kappa shape index (κ1) is 21.2. The van der Waals surface area contributed by atoms with Gasteiger partial charge in [-0.25, -0.2) is 4.98 Å². The number of thiazole rings is 1. The molecular weight excluding hydrogens is 464 g/mol. The van der Waals surface area contributed by atoms with Gasteiger partial charge in [0.25, 0.3) is 5.91 Å². The van der Waals surface area contributed by atoms with Crippen LogP contribution in [0.15, 0.2) is 58.4 Å². The van der Waals surface area contributed by atoms with E-state index in [0.717, 1.165) is 40.7 Å². The summed E-state index contributed by atoms with van der Waals surface area (Å²) < 4.78 is 12.1. The fraction of sp³-hybridized carbons (Fsp3) is 0.304. The largest absolute Gasteiger partial charge is 0.380 e. The number of methoxy groups -OCH3 is 1. The molecule has 1 aliphatic heterocycles. The maximum atomic E-state index is 13.5. The van der Waals surface area contributed by atoms with Gasteiger partial charge >= 0.3 is 0 Å². The summed E-state index contributed by atoms with van der Waals surface area (Å²) in [6.07, 6.45) is 2.02. The van der Waals surface area contributed by atoms with E-state index in [9.17, 15) is 4.79 Å². The number of ether oxygens (including phenoxy) is 2. The number of carbonyl (C=O) groups excluding carboxylic acids is 1. The maximum absolute atomic E-state index is 13.5. The zero-order valence-corrected chi connectivity index (χ0v) is 19.1. The molecule has 156 valence electrons. The van der Waals surface area contributed by atoms with Gasteiger partial charge in [-0.3, -0.25) is 9.69 Å². The lowest BCUT2D eigenvalue weighted by molar-refractivity contribution is 0.0917. The Balaban J connectivity index is 1.63. The first-order valence-corrected chi connectivity index (χ1v) is 11.5. The fourth-order valence-corrected chi connectivity index (χ4v) is 4.60. The molecule has 1 unspecified atom stereocenters. The number of carbonyl (C=O) groups is 1. The van der Waals surface area contributed by atoms with Crippen LogP contribution in [0.4, 0.5) is 5.13 Å². The molecule has 30 heavy (non-hydrogen) atoms. The number of hydrogen-bond donors (Lipinski definition) is 0. The van der Waals surface area contributed by atoms with Crippen LogP contribution in [-0.4, -0.2) is 37.3 Å². The van der Waals surface area contributed by atoms with Crippen molar-refractivity contribution in [3.05, 3.63) is 69.5 Å². The highest BCUT2D eigenvalue weighted by Crippen LogP contribution is 2.30. The Hall–Kier alpha value is -2.06. The molecule has 1 amide bonds. The Morgan fingerprint density at radius 3 is 2.87 bits per heavy atom. The summed E-state index contributed by atoms with van der Waals surface area (Å²) in [5.74, 6) is -0.0693. The van der Waals surface area contributed by atoms with Crippen LogP contribution >= 0.6 is 27.3 Å². The third-order valence-electron chi connectivity index (χ3n) is 5.00. The summed E-state index contributed by atoms with van der Waals surface area (Å²) in [6, 6.07) is 15.6. The number of nitrogens with zero attached hydrogens (tertiary/aromatic N) is 2. The van der Waals surface area contributed by atoms with Gasteiger partial charge in [0.1, 0.15) is 0 Å². The van der Waals surface area contributed by atoms with Gasteiger partial charge < -0.3 is 9.47 Å². The number of anilines is 1. The minimum absolute atomic E-state index is 0.0381. The van der Waals surface area contributed by atoms with E-state index in [1.54, 1.807) is 12.0 Å². The van der Waals surface area contributed by atoms with Crippen molar-refractivity contribution in [1.29, 1.82) is 0 Å². The zero-order valence-electron chi connectivity index (χ0n) is 16.7. The van der Waals surface area contributed by atoms with Gasteiger partial charge in [0, 0.05) is 34.7 Å². The predicted molar refractivity (Wildman–Crippen MR) is 123 cm³/mol. The monoisotopic (exact) mass is 486 g/mol. The van der Waals surface area contributed by atoms with E-state index >= 15 is 0 Å². The zero-order chi connectivity index (χ0) is 20.9. The Labute approximate surface area is 188 Å². The first-order chi connectivity index (χ1) is 14.6. The molecule has 2 heterocycles. The highest BCUT2D eigenvalue weighted by Gasteiger charge is 2.27. The SMILES string of the molecule is COCc1cccc(C(=O)N(CC2CCCO2)c2nc(-c3ccc(Br)cc3)cs2)c1. The normalized spacial score (nSPS) is 16.0. The molecule has 1 atom stereocenters. The second kappa shape index (κ2) is 9.83. The summed E-state index contributed by atoms with van der Waals surface area (Å²) in [7, 11) is 1.65. The quantitative estimate of drug-likeness (QED) is 0.439. The minimum Gasteiger partial charge on any atom is -0.380 e. The molecule has 0 saturated carbocycles. The van der Waals surface area contributed by atoms with E-state index < -0.39 is 0 Å². The topological polar surface area (TPSA) is 51.7 Å². The van der Waals surface area contributed by atoms with Crippen LogP contribution in [0.25, 0.3) is 11.3 Å². The first-order valence-electron chi connectivity index (χ1n) is 9.87. The van der Waals surface area contributed by atoms with Gasteiger partial charge in [0.2, 0.25) is 0 Å². The number of benzene rings is 2. The van der Waals surface area contributed by atoms with Crippen LogP contribution in [0.3, 0.4) is 0 Å². The maximum Gasteiger partial charge on any atom is 0.260 e. The number of halogens is 1. The van der Waals surface area contributed by atoms with E-state index in [2.05, 4.69) is 15.9 Å². The van der Waals surface area contributed by atoms with Crippen LogP contribution in [0.5, 0.6) is 0 Å². The summed E-state index contributed by atoms with van der Waals surface area (Å²) in [4.78, 5) is 20.0. The lowest BCUT2D eigenvalue weighted by Gasteiger charge is -2.23. The molecular formula is C23H23BrN2O3S. The molecule has 7 heteroatoms. The molecule has 1 aromatic heterocycles. The number of rotatable bonds is 7. The molecule has 0 aliphatic carbocycles. The van der Waals surface area contributed by atoms with Crippen molar-refractivity contribution in [2.75, 3.05) is 25.2 Å². The number of amides is 1. The molecule has 5 nitrogen and oxygen atoms in total. The predicted octanol–water partition coefficient (Wildman–Crippen LogP) is 5.54. The standard InChI is InChI=1S/C23H23BrN2O3S/c1-28-14-16-4-2-5-18(12-16)22(27)26(13-20-6-3-11-29-20)23-25-21(15-30-23)17-7-9-19(24)10-8-17/h2,4-5,7-10,12,15,20H,3,6,11,13-14H2,1H3. The molecule has 1 fully saturated rings. The molecule has 0 spiro atoms. The summed E-state index contributed by atoms with van der Waals surface area (Å²) >= 11 is 4.94. The third kappa shape index (κ3) is 4.98. The van der Waals surface area contributed by atoms with Gasteiger partial charge in [0.15, 0.2) is 5.13 Å². The van der Waals surface area contributed by atoms with Crippen LogP contribution in [0.1, 0.15) is 28.8 Å². The molecule has 4 rings (SSSR count). The average Bonchev–Trinajstić information content (AvgIpc) is 3.45. The third-order valence-corrected chi connectivity index (χ3v) is 6.40. The average molecular weight is 487 g/mol. The Morgan fingerprint density at radius 2 is 2.13 bits per heavy atom. The fourth-order valence-electron chi connectivity index (χ4n) is 3.50. The summed E-state index contributed by atoms with van der Waals surface area (Å²) in [5.41, 5.74) is 3.48. The smallest absolute Gasteiger partial charge is 0.260 e. The summed E-state index contributed by atoms with van der Waals surface area (Å²) in [5, 5.41) is 2.68. The van der Waals surface area contributed by atoms with Gasteiger partial charge in [-0.15, -0.1) is 11.3 Å². The summed E-state index contributed by atoms with van der Waals surface area (Å²) in [6.45, 7) is 1.72. The second-order valence-corrected chi connectivity index (χ2v) is 8.96. The van der Waals surface area contributed by atoms with Crippen molar-refractivity contribution in [2.24, 2.45) is 0 Å². The van der Waals surface area contributed by atoms with Crippen LogP contribution in [0.2, 0.25) is 0 Å². The Morgan fingerprint density at radius 1 is 1.30 bits per heavy atom. The van der Waals surface area contributed by atoms with Crippen LogP contribution in [-0.2, 0) is 16.1 Å². The highest BCUT2D eigenvalue weighted by atomic mass is 79.9. The molecule has 0 radical (unpaired) electrons. The van der Waals surface area contributed by atoms with Crippen molar-refractivity contribution in [2.45, 2.75) is 25.6 Å². The van der Waals surface area contributed by atoms with Crippen molar-refractivity contribution in [1.82, 2.24) is 4.98 Å². The van der Waals surface area contributed by atoms with Crippen molar-refractivity contribution >= 4 is 38.3 Å². The van der Waals surface area contributed by atoms with Crippen LogP contribution < -0.4 is 4.90 Å². The van der Waals surface area contributed by atoms with Gasteiger partial charge in [-0.1, -0.05) is 40.2 Å². The van der Waals surface area contributed by atoms with Gasteiger partial charge in [-0.2, -0.15) is 0 Å². The Bertz CT molecular complexity index is 1000. The lowest BCUT2D eigenvalue weighted by Crippen LogP contribution is -2.37. The van der Waals surface area contributed by atoms with Gasteiger partial charge in [0.05, 0.1) is 24.9 Å². The molecule has 1 aliphatic rings. The van der Waals surface area contributed by atoms with E-state index in [1.165, 1.54) is 11.3 Å². The second-order valence-electron chi connectivity index (χ2n) is 7.21. The number of hydrogen-bond acceptors (Lipinski definition) is 5. The van der Waals surface area contributed by atoms with Crippen LogP contribution in [0, 0.1) is 0 Å². The van der Waals surface area contributed by atoms with E-state index in [4.69, 9.17) is 14.5 Å². The number of aromatic nitrogens is 1. The Kier molecular flexibility index (Phi) is 6.94.